The van der Waals surface area contributed by atoms with Crippen LogP contribution >= 0.6 is 0 Å². The summed E-state index contributed by atoms with van der Waals surface area (Å²) in [6, 6.07) is 27.0. The molecule has 3 aromatic carbocycles. The van der Waals surface area contributed by atoms with Crippen LogP contribution in [-0.2, 0) is 4.79 Å². The number of hydrogen-bond acceptors (Lipinski definition) is 1. The lowest BCUT2D eigenvalue weighted by molar-refractivity contribution is -0.124. The summed E-state index contributed by atoms with van der Waals surface area (Å²) >= 11 is 0. The fraction of sp³-hybridized carbons (Fsp3) is 0.269. The third-order valence-electron chi connectivity index (χ3n) is 8.05. The Morgan fingerprint density at radius 1 is 0.556 bits per heavy atom. The minimum absolute atomic E-state index is 0.116. The molecule has 4 aliphatic carbocycles. The molecule has 130 valence electrons. The first-order valence-corrected chi connectivity index (χ1v) is 10.1. The highest BCUT2D eigenvalue weighted by molar-refractivity contribution is 5.85. The van der Waals surface area contributed by atoms with E-state index in [1.807, 2.05) is 0 Å². The van der Waals surface area contributed by atoms with Crippen molar-refractivity contribution >= 4 is 5.78 Å². The summed E-state index contributed by atoms with van der Waals surface area (Å²) in [5, 5.41) is 0. The molecule has 1 heteroatoms. The van der Waals surface area contributed by atoms with Gasteiger partial charge in [-0.05, 0) is 45.2 Å². The molecule has 0 radical (unpaired) electrons. The van der Waals surface area contributed by atoms with Crippen molar-refractivity contribution in [1.82, 2.24) is 0 Å². The third-order valence-corrected chi connectivity index (χ3v) is 8.05. The molecule has 0 aliphatic heterocycles. The third kappa shape index (κ3) is 1.42. The predicted octanol–water partition coefficient (Wildman–Crippen LogP) is 5.51. The summed E-state index contributed by atoms with van der Waals surface area (Å²) < 4.78 is 0. The van der Waals surface area contributed by atoms with E-state index in [1.165, 1.54) is 33.4 Å². The average Bonchev–Trinajstić information content (AvgIpc) is 3.26. The van der Waals surface area contributed by atoms with Crippen molar-refractivity contribution in [2.45, 2.75) is 36.5 Å². The monoisotopic (exact) mass is 348 g/mol. The Morgan fingerprint density at radius 2 is 0.889 bits per heavy atom. The second kappa shape index (κ2) is 4.59. The highest BCUT2D eigenvalue weighted by atomic mass is 16.1. The molecular formula is C26H20O. The largest absolute Gasteiger partial charge is 0.300 e. The van der Waals surface area contributed by atoms with Gasteiger partial charge in [0.15, 0.2) is 0 Å². The van der Waals surface area contributed by atoms with E-state index in [0.29, 0.717) is 42.3 Å². The Bertz CT molecular complexity index is 1050. The summed E-state index contributed by atoms with van der Waals surface area (Å²) in [6.07, 6.45) is 1.42. The summed E-state index contributed by atoms with van der Waals surface area (Å²) in [7, 11) is 0. The number of carbonyl (C=O) groups excluding carboxylic acids is 1. The Kier molecular flexibility index (Phi) is 2.45. The van der Waals surface area contributed by atoms with Gasteiger partial charge < -0.3 is 0 Å². The molecule has 1 saturated carbocycles. The van der Waals surface area contributed by atoms with Crippen molar-refractivity contribution in [3.05, 3.63) is 106 Å². The van der Waals surface area contributed by atoms with Gasteiger partial charge in [0.25, 0.3) is 0 Å². The lowest BCUT2D eigenvalue weighted by atomic mass is 9.56. The first kappa shape index (κ1) is 14.4. The molecule has 1 fully saturated rings. The molecule has 0 unspecified atom stereocenters. The molecule has 27 heavy (non-hydrogen) atoms. The maximum absolute atomic E-state index is 12.9. The standard InChI is InChI=1S/C26H20O/c27-15-13-22-16-7-1-3-9-18(16)24-20-11-5-6-12-21(20)25-19-10-4-2-8-17(19)23(14-15)26(22,24)25/h1-12,22-25H,13-14H2/t22-,23-,24+,25+,26?/m0/s1. The van der Waals surface area contributed by atoms with Gasteiger partial charge in [0.1, 0.15) is 5.78 Å². The van der Waals surface area contributed by atoms with Crippen LogP contribution in [-0.4, -0.2) is 5.78 Å². The van der Waals surface area contributed by atoms with E-state index >= 15 is 0 Å². The number of rotatable bonds is 0. The van der Waals surface area contributed by atoms with Gasteiger partial charge in [-0.3, -0.25) is 4.79 Å². The molecule has 4 aliphatic rings. The molecule has 0 saturated heterocycles. The van der Waals surface area contributed by atoms with Crippen LogP contribution in [0.4, 0.5) is 0 Å². The average molecular weight is 348 g/mol. The summed E-state index contributed by atoms with van der Waals surface area (Å²) in [6.45, 7) is 0. The van der Waals surface area contributed by atoms with Crippen molar-refractivity contribution in [2.75, 3.05) is 0 Å². The topological polar surface area (TPSA) is 17.1 Å². The van der Waals surface area contributed by atoms with Gasteiger partial charge in [0, 0.05) is 30.1 Å². The van der Waals surface area contributed by atoms with E-state index in [-0.39, 0.29) is 5.41 Å². The molecular weight excluding hydrogens is 328 g/mol. The van der Waals surface area contributed by atoms with Gasteiger partial charge in [-0.2, -0.15) is 0 Å². The SMILES string of the molecule is O=C1C[C@H]2c3ccccc3[C@@H]3c4ccccc4[C@H]4c5ccccc5[C@H](C1)C342. The van der Waals surface area contributed by atoms with Gasteiger partial charge in [0.2, 0.25) is 0 Å². The first-order valence-electron chi connectivity index (χ1n) is 10.1. The second-order valence-electron chi connectivity index (χ2n) is 8.80. The number of fused-ring (bicyclic) bond motifs is 9. The first-order chi connectivity index (χ1) is 13.3. The van der Waals surface area contributed by atoms with Gasteiger partial charge in [-0.25, -0.2) is 0 Å². The summed E-state index contributed by atoms with van der Waals surface area (Å²) in [4.78, 5) is 12.9. The Balaban J connectivity index is 1.64. The molecule has 4 atom stereocenters. The molecule has 0 aromatic heterocycles. The van der Waals surface area contributed by atoms with E-state index in [2.05, 4.69) is 72.8 Å². The van der Waals surface area contributed by atoms with Crippen molar-refractivity contribution in [3.63, 3.8) is 0 Å². The number of Topliss-reactive ketones (excluding diaryl/α,β-unsaturated/α-hetero) is 1. The molecule has 0 bridgehead atoms. The number of carbonyl (C=O) groups is 1. The number of ketones is 1. The Morgan fingerprint density at radius 3 is 1.30 bits per heavy atom. The van der Waals surface area contributed by atoms with Crippen LogP contribution in [0.1, 0.15) is 69.9 Å². The Hall–Kier alpha value is -2.67. The van der Waals surface area contributed by atoms with Gasteiger partial charge in [0.05, 0.1) is 0 Å². The van der Waals surface area contributed by atoms with Gasteiger partial charge in [-0.15, -0.1) is 0 Å². The lowest BCUT2D eigenvalue weighted by Gasteiger charge is -2.45. The normalized spacial score (nSPS) is 33.9. The molecule has 1 nitrogen and oxygen atoms in total. The van der Waals surface area contributed by atoms with Gasteiger partial charge in [-0.1, -0.05) is 72.8 Å². The van der Waals surface area contributed by atoms with Crippen LogP contribution in [0.3, 0.4) is 0 Å². The molecule has 1 spiro atoms. The minimum Gasteiger partial charge on any atom is -0.300 e. The van der Waals surface area contributed by atoms with E-state index in [1.54, 1.807) is 0 Å². The predicted molar refractivity (Wildman–Crippen MR) is 105 cm³/mol. The smallest absolute Gasteiger partial charge is 0.134 e. The van der Waals surface area contributed by atoms with E-state index in [0.717, 1.165) is 0 Å². The second-order valence-corrected chi connectivity index (χ2v) is 8.80. The van der Waals surface area contributed by atoms with E-state index in [4.69, 9.17) is 0 Å². The van der Waals surface area contributed by atoms with Crippen molar-refractivity contribution in [3.8, 4) is 0 Å². The van der Waals surface area contributed by atoms with Crippen molar-refractivity contribution < 1.29 is 4.79 Å². The fourth-order valence-corrected chi connectivity index (χ4v) is 7.50. The van der Waals surface area contributed by atoms with Crippen LogP contribution in [0.25, 0.3) is 0 Å². The lowest BCUT2D eigenvalue weighted by Crippen LogP contribution is -2.40. The molecule has 0 heterocycles. The quantitative estimate of drug-likeness (QED) is 0.524. The highest BCUT2D eigenvalue weighted by Crippen LogP contribution is 2.80. The van der Waals surface area contributed by atoms with E-state index < -0.39 is 0 Å². The van der Waals surface area contributed by atoms with Crippen LogP contribution in [0.5, 0.6) is 0 Å². The zero-order valence-corrected chi connectivity index (χ0v) is 15.1. The number of hydrogen-bond donors (Lipinski definition) is 0. The molecule has 0 amide bonds. The zero-order chi connectivity index (χ0) is 17.8. The van der Waals surface area contributed by atoms with Crippen LogP contribution in [0, 0.1) is 5.41 Å². The summed E-state index contributed by atoms with van der Waals surface area (Å²) in [5.74, 6) is 1.97. The fourth-order valence-electron chi connectivity index (χ4n) is 7.50. The number of benzene rings is 3. The Labute approximate surface area is 159 Å². The highest BCUT2D eigenvalue weighted by Gasteiger charge is 2.70. The van der Waals surface area contributed by atoms with Crippen LogP contribution < -0.4 is 0 Å². The van der Waals surface area contributed by atoms with Gasteiger partial charge >= 0.3 is 0 Å². The minimum atomic E-state index is 0.116. The maximum Gasteiger partial charge on any atom is 0.134 e. The van der Waals surface area contributed by atoms with E-state index in [9.17, 15) is 4.79 Å². The molecule has 3 aromatic rings. The van der Waals surface area contributed by atoms with Crippen LogP contribution in [0.2, 0.25) is 0 Å². The van der Waals surface area contributed by atoms with Crippen molar-refractivity contribution in [1.29, 1.82) is 0 Å². The zero-order valence-electron chi connectivity index (χ0n) is 15.1. The van der Waals surface area contributed by atoms with Crippen molar-refractivity contribution in [2.24, 2.45) is 5.41 Å². The molecule has 7 rings (SSSR count). The van der Waals surface area contributed by atoms with Crippen LogP contribution in [0.15, 0.2) is 72.8 Å². The molecule has 0 N–H and O–H groups in total. The summed E-state index contributed by atoms with van der Waals surface area (Å²) in [5.41, 5.74) is 8.96. The maximum atomic E-state index is 12.9.